The van der Waals surface area contributed by atoms with Gasteiger partial charge in [-0.05, 0) is 123 Å². The first-order valence-electron chi connectivity index (χ1n) is 14.8. The minimum atomic E-state index is -0.0970. The molecule has 4 aliphatic carbocycles. The lowest BCUT2D eigenvalue weighted by molar-refractivity contribution is -0.162. The highest BCUT2D eigenvalue weighted by molar-refractivity contribution is 5.11. The summed E-state index contributed by atoms with van der Waals surface area (Å²) in [5.41, 5.74) is 6.56. The van der Waals surface area contributed by atoms with Crippen molar-refractivity contribution in [1.82, 2.24) is 5.32 Å². The molecule has 0 heterocycles. The van der Waals surface area contributed by atoms with Gasteiger partial charge in [0.1, 0.15) is 0 Å². The number of rotatable bonds is 9. The van der Waals surface area contributed by atoms with Crippen LogP contribution < -0.4 is 11.1 Å². The van der Waals surface area contributed by atoms with Gasteiger partial charge >= 0.3 is 0 Å². The normalized spacial score (nSPS) is 46.0. The fourth-order valence-electron chi connectivity index (χ4n) is 9.92. The van der Waals surface area contributed by atoms with Gasteiger partial charge in [-0.1, -0.05) is 53.9 Å². The van der Waals surface area contributed by atoms with Crippen molar-refractivity contribution in [3.8, 4) is 0 Å². The van der Waals surface area contributed by atoms with Crippen LogP contribution in [0.5, 0.6) is 0 Å². The molecule has 3 heteroatoms. The van der Waals surface area contributed by atoms with Crippen LogP contribution in [0.2, 0.25) is 0 Å². The number of nitrogens with one attached hydrogen (secondary N) is 1. The van der Waals surface area contributed by atoms with Crippen LogP contribution in [0.25, 0.3) is 0 Å². The second-order valence-corrected chi connectivity index (χ2v) is 13.9. The van der Waals surface area contributed by atoms with E-state index in [1.54, 1.807) is 0 Å². The topological polar surface area (TPSA) is 58.3 Å². The Labute approximate surface area is 205 Å². The van der Waals surface area contributed by atoms with Gasteiger partial charge in [0.25, 0.3) is 0 Å². The zero-order valence-corrected chi connectivity index (χ0v) is 22.6. The van der Waals surface area contributed by atoms with Gasteiger partial charge in [0.2, 0.25) is 0 Å². The first kappa shape index (κ1) is 26.0. The Morgan fingerprint density at radius 3 is 2.33 bits per heavy atom. The minimum absolute atomic E-state index is 0.0970. The van der Waals surface area contributed by atoms with E-state index in [0.29, 0.717) is 22.8 Å². The van der Waals surface area contributed by atoms with Gasteiger partial charge in [0, 0.05) is 6.04 Å². The molecule has 0 aromatic carbocycles. The number of hydrogen-bond acceptors (Lipinski definition) is 3. The zero-order chi connectivity index (χ0) is 23.8. The fraction of sp³-hybridized carbons (Fsp3) is 1.00. The highest BCUT2D eigenvalue weighted by Gasteiger charge is 2.62. The van der Waals surface area contributed by atoms with Gasteiger partial charge in [0.05, 0.1) is 6.10 Å². The Kier molecular flexibility index (Phi) is 8.24. The smallest absolute Gasteiger partial charge is 0.0577 e. The summed E-state index contributed by atoms with van der Waals surface area (Å²) in [7, 11) is 0. The molecule has 0 aliphatic heterocycles. The Morgan fingerprint density at radius 2 is 1.61 bits per heavy atom. The van der Waals surface area contributed by atoms with Gasteiger partial charge < -0.3 is 16.2 Å². The summed E-state index contributed by atoms with van der Waals surface area (Å²) in [6.45, 7) is 14.3. The van der Waals surface area contributed by atoms with Crippen molar-refractivity contribution >= 4 is 0 Å². The molecule has 0 bridgehead atoms. The maximum atomic E-state index is 11.5. The second kappa shape index (κ2) is 10.5. The van der Waals surface area contributed by atoms with E-state index < -0.39 is 0 Å². The molecule has 0 aromatic heterocycles. The molecule has 0 radical (unpaired) electrons. The summed E-state index contributed by atoms with van der Waals surface area (Å²) in [5.74, 6) is 5.53. The van der Waals surface area contributed by atoms with Crippen molar-refractivity contribution in [2.24, 2.45) is 58.0 Å². The predicted molar refractivity (Wildman–Crippen MR) is 140 cm³/mol. The van der Waals surface area contributed by atoms with Crippen molar-refractivity contribution in [2.75, 3.05) is 13.1 Å². The van der Waals surface area contributed by atoms with E-state index in [0.717, 1.165) is 61.4 Å². The predicted octanol–water partition coefficient (Wildman–Crippen LogP) is 6.39. The van der Waals surface area contributed by atoms with Crippen molar-refractivity contribution in [3.05, 3.63) is 0 Å². The van der Waals surface area contributed by atoms with Gasteiger partial charge in [-0.15, -0.1) is 0 Å². The van der Waals surface area contributed by atoms with Crippen LogP contribution in [-0.4, -0.2) is 30.3 Å². The van der Waals surface area contributed by atoms with Crippen LogP contribution in [0.3, 0.4) is 0 Å². The first-order chi connectivity index (χ1) is 15.7. The summed E-state index contributed by atoms with van der Waals surface area (Å²) >= 11 is 0. The summed E-state index contributed by atoms with van der Waals surface area (Å²) < 4.78 is 0. The van der Waals surface area contributed by atoms with Crippen molar-refractivity contribution < 1.29 is 5.11 Å². The van der Waals surface area contributed by atoms with Gasteiger partial charge in [-0.2, -0.15) is 0 Å². The maximum absolute atomic E-state index is 11.5. The number of aliphatic hydroxyl groups is 1. The molecular formula is C30H56N2O. The maximum Gasteiger partial charge on any atom is 0.0577 e. The molecule has 0 spiro atoms. The van der Waals surface area contributed by atoms with Crippen molar-refractivity contribution in [2.45, 2.75) is 124 Å². The molecule has 0 aromatic rings. The Balaban J connectivity index is 1.43. The molecule has 192 valence electrons. The molecule has 5 unspecified atom stereocenters. The monoisotopic (exact) mass is 460 g/mol. The van der Waals surface area contributed by atoms with Crippen LogP contribution in [0.1, 0.15) is 112 Å². The van der Waals surface area contributed by atoms with E-state index in [4.69, 9.17) is 5.73 Å². The van der Waals surface area contributed by atoms with Gasteiger partial charge in [-0.3, -0.25) is 0 Å². The first-order valence-corrected chi connectivity index (χ1v) is 14.8. The number of fused-ring (bicyclic) bond motifs is 5. The highest BCUT2D eigenvalue weighted by atomic mass is 16.3. The van der Waals surface area contributed by atoms with Gasteiger partial charge in [-0.25, -0.2) is 0 Å². The van der Waals surface area contributed by atoms with Crippen LogP contribution in [0, 0.1) is 52.3 Å². The average Bonchev–Trinajstić information content (AvgIpc) is 3.12. The number of nitrogens with two attached hydrogens (primary N) is 1. The summed E-state index contributed by atoms with van der Waals surface area (Å²) in [4.78, 5) is 0. The fourth-order valence-corrected chi connectivity index (χ4v) is 9.92. The third kappa shape index (κ3) is 4.94. The summed E-state index contributed by atoms with van der Waals surface area (Å²) in [6, 6.07) is 0.581. The van der Waals surface area contributed by atoms with Crippen LogP contribution >= 0.6 is 0 Å². The standard InChI is InChI=1S/C30H56N2O/c1-20(2)8-6-9-21(3)24-10-11-25-23-19-28(33)27-18-22(32-17-7-16-31)12-14-30(27,5)26(23)13-15-29(24,25)4/h20-28,32-33H,6-19,31H2,1-5H3/t21?,22-,23?,24+,25?,26?,27+,28?,29+,30+/m0/s1. The van der Waals surface area contributed by atoms with Crippen LogP contribution in [0.15, 0.2) is 0 Å². The molecule has 4 saturated carbocycles. The van der Waals surface area contributed by atoms with E-state index in [1.807, 2.05) is 0 Å². The molecule has 10 atom stereocenters. The molecule has 0 saturated heterocycles. The largest absolute Gasteiger partial charge is 0.393 e. The molecule has 3 nitrogen and oxygen atoms in total. The molecule has 4 rings (SSSR count). The average molecular weight is 461 g/mol. The van der Waals surface area contributed by atoms with E-state index in [-0.39, 0.29) is 6.10 Å². The van der Waals surface area contributed by atoms with Crippen molar-refractivity contribution in [1.29, 1.82) is 0 Å². The second-order valence-electron chi connectivity index (χ2n) is 13.9. The number of hydrogen-bond donors (Lipinski definition) is 3. The zero-order valence-electron chi connectivity index (χ0n) is 22.6. The SMILES string of the molecule is CC(C)CCCC(C)[C@H]1CCC2C3CC(O)[C@H]4C[C@@H](NCCCN)CC[C@]4(C)C3CC[C@@]21C. The number of aliphatic hydroxyl groups excluding tert-OH is 1. The Hall–Kier alpha value is -0.120. The van der Waals surface area contributed by atoms with Crippen LogP contribution in [-0.2, 0) is 0 Å². The molecule has 4 N–H and O–H groups in total. The Morgan fingerprint density at radius 1 is 0.879 bits per heavy atom. The van der Waals surface area contributed by atoms with E-state index in [2.05, 4.69) is 39.9 Å². The highest BCUT2D eigenvalue weighted by Crippen LogP contribution is 2.68. The quantitative estimate of drug-likeness (QED) is 0.350. The lowest BCUT2D eigenvalue weighted by Crippen LogP contribution is -2.59. The van der Waals surface area contributed by atoms with Crippen molar-refractivity contribution in [3.63, 3.8) is 0 Å². The summed E-state index contributed by atoms with van der Waals surface area (Å²) in [6.07, 6.45) is 15.7. The van der Waals surface area contributed by atoms with Gasteiger partial charge in [0.15, 0.2) is 0 Å². The molecular weight excluding hydrogens is 404 g/mol. The minimum Gasteiger partial charge on any atom is -0.393 e. The van der Waals surface area contributed by atoms with E-state index >= 15 is 0 Å². The molecule has 0 amide bonds. The third-order valence-electron chi connectivity index (χ3n) is 11.7. The van der Waals surface area contributed by atoms with E-state index in [1.165, 1.54) is 64.2 Å². The molecule has 33 heavy (non-hydrogen) atoms. The lowest BCUT2D eigenvalue weighted by Gasteiger charge is -2.62. The Bertz CT molecular complexity index is 637. The lowest BCUT2D eigenvalue weighted by atomic mass is 9.43. The molecule has 4 fully saturated rings. The molecule has 4 aliphatic rings. The summed E-state index contributed by atoms with van der Waals surface area (Å²) in [5, 5.41) is 15.3. The third-order valence-corrected chi connectivity index (χ3v) is 11.7. The van der Waals surface area contributed by atoms with Crippen LogP contribution in [0.4, 0.5) is 0 Å². The van der Waals surface area contributed by atoms with E-state index in [9.17, 15) is 5.11 Å².